The number of benzene rings is 7. The van der Waals surface area contributed by atoms with E-state index in [1.54, 1.807) is 0 Å². The largest absolute Gasteiger partial charge is 0.310 e. The van der Waals surface area contributed by atoms with Gasteiger partial charge in [0.05, 0.1) is 0 Å². The Morgan fingerprint density at radius 2 is 0.565 bits per heavy atom. The predicted molar refractivity (Wildman–Crippen MR) is 301 cm³/mol. The van der Waals surface area contributed by atoms with Gasteiger partial charge in [-0.1, -0.05) is 216 Å². The highest BCUT2D eigenvalue weighted by molar-refractivity contribution is 5.92. The maximum absolute atomic E-state index is 2.54. The van der Waals surface area contributed by atoms with Crippen LogP contribution >= 0.6 is 0 Å². The Morgan fingerprint density at radius 1 is 0.275 bits per heavy atom. The lowest BCUT2D eigenvalue weighted by atomic mass is 9.75. The van der Waals surface area contributed by atoms with Crippen LogP contribution in [0.5, 0.6) is 0 Å². The van der Waals surface area contributed by atoms with Gasteiger partial charge >= 0.3 is 0 Å². The maximum atomic E-state index is 2.54. The number of fused-ring (bicyclic) bond motifs is 6. The molecule has 0 heterocycles. The average molecular weight is 910 g/mol. The molecule has 2 aliphatic carbocycles. The lowest BCUT2D eigenvalue weighted by Gasteiger charge is -2.33. The average Bonchev–Trinajstić information content (AvgIpc) is 3.63. The SMILES string of the molecule is CC(C)(C)c1ccc(N(c2ccc(C(C)(C)C)cc2)c2cc(-c3ccc4c(c3)C(C)(C)c3cc(C(C)(C)C)ccc3-4)c(C(C)(C)C)c(-c3ccc4c(c3)C(C)(C)c3cc(C(C)(C)C)ccc3-4)c2)cc1. The van der Waals surface area contributed by atoms with Gasteiger partial charge in [0.1, 0.15) is 0 Å². The summed E-state index contributed by atoms with van der Waals surface area (Å²) >= 11 is 0. The van der Waals surface area contributed by atoms with Crippen molar-refractivity contribution < 1.29 is 0 Å². The highest BCUT2D eigenvalue weighted by atomic mass is 15.1. The zero-order chi connectivity index (χ0) is 50.2. The van der Waals surface area contributed by atoms with E-state index in [0.29, 0.717) is 0 Å². The van der Waals surface area contributed by atoms with Crippen molar-refractivity contribution in [3.8, 4) is 44.5 Å². The molecule has 9 rings (SSSR count). The third kappa shape index (κ3) is 8.40. The Morgan fingerprint density at radius 3 is 0.870 bits per heavy atom. The highest BCUT2D eigenvalue weighted by Crippen LogP contribution is 2.55. The van der Waals surface area contributed by atoms with Crippen LogP contribution in [0.3, 0.4) is 0 Å². The van der Waals surface area contributed by atoms with Gasteiger partial charge in [0.2, 0.25) is 0 Å². The standard InChI is InChI=1S/C68H79N/c1-62(2,3)44-22-28-48(29-23-44)69(49-30-24-45(25-31-49)63(4,5)6)50-40-55(42-20-32-51-53-34-26-46(64(7,8)9)38-59(53)67(16,17)57(51)36-42)61(66(13,14)15)56(41-50)43-21-33-52-54-35-27-47(65(10,11)12)39-60(54)68(18,19)58(52)37-43/h20-41H,1-19H3. The van der Waals surface area contributed by atoms with E-state index < -0.39 is 0 Å². The molecule has 0 aliphatic heterocycles. The molecule has 0 bridgehead atoms. The molecule has 0 amide bonds. The molecule has 356 valence electrons. The quantitative estimate of drug-likeness (QED) is 0.166. The van der Waals surface area contributed by atoms with Crippen LogP contribution in [-0.4, -0.2) is 0 Å². The zero-order valence-corrected chi connectivity index (χ0v) is 45.6. The molecule has 1 heteroatoms. The topological polar surface area (TPSA) is 3.24 Å². The number of hydrogen-bond donors (Lipinski definition) is 0. The first-order valence-corrected chi connectivity index (χ1v) is 25.7. The van der Waals surface area contributed by atoms with E-state index in [1.165, 1.54) is 94.6 Å². The van der Waals surface area contributed by atoms with E-state index in [9.17, 15) is 0 Å². The van der Waals surface area contributed by atoms with Crippen molar-refractivity contribution in [2.75, 3.05) is 4.90 Å². The van der Waals surface area contributed by atoms with Gasteiger partial charge in [-0.3, -0.25) is 0 Å². The van der Waals surface area contributed by atoms with Crippen molar-refractivity contribution in [3.05, 3.63) is 184 Å². The number of hydrogen-bond acceptors (Lipinski definition) is 1. The molecule has 0 saturated heterocycles. The summed E-state index contributed by atoms with van der Waals surface area (Å²) in [7, 11) is 0. The molecule has 7 aromatic carbocycles. The third-order valence-electron chi connectivity index (χ3n) is 15.8. The van der Waals surface area contributed by atoms with Gasteiger partial charge in [-0.2, -0.15) is 0 Å². The molecule has 0 aromatic heterocycles. The molecule has 0 N–H and O–H groups in total. The summed E-state index contributed by atoms with van der Waals surface area (Å²) in [4.78, 5) is 2.50. The Hall–Kier alpha value is -5.66. The second-order valence-corrected chi connectivity index (χ2v) is 26.9. The van der Waals surface area contributed by atoms with Crippen LogP contribution in [0.15, 0.2) is 133 Å². The second kappa shape index (κ2) is 15.9. The lowest BCUT2D eigenvalue weighted by Crippen LogP contribution is -2.19. The van der Waals surface area contributed by atoms with E-state index in [1.807, 2.05) is 0 Å². The summed E-state index contributed by atoms with van der Waals surface area (Å²) in [6.07, 6.45) is 0. The van der Waals surface area contributed by atoms with E-state index in [-0.39, 0.29) is 37.9 Å². The fraction of sp³-hybridized carbons (Fsp3) is 0.382. The van der Waals surface area contributed by atoms with Crippen LogP contribution in [0.4, 0.5) is 17.1 Å². The van der Waals surface area contributed by atoms with E-state index in [4.69, 9.17) is 0 Å². The molecular weight excluding hydrogens is 831 g/mol. The van der Waals surface area contributed by atoms with E-state index >= 15 is 0 Å². The predicted octanol–water partition coefficient (Wildman–Crippen LogP) is 19.6. The molecule has 0 saturated carbocycles. The smallest absolute Gasteiger partial charge is 0.0474 e. The Labute approximate surface area is 417 Å². The number of anilines is 3. The molecule has 0 fully saturated rings. The summed E-state index contributed by atoms with van der Waals surface area (Å²) in [5, 5.41) is 0. The molecule has 0 atom stereocenters. The van der Waals surface area contributed by atoms with Crippen LogP contribution in [-0.2, 0) is 37.9 Å². The molecule has 0 spiro atoms. The summed E-state index contributed by atoms with van der Waals surface area (Å²) in [5.41, 5.74) is 26.1. The summed E-state index contributed by atoms with van der Waals surface area (Å²) in [5.74, 6) is 0. The first-order valence-electron chi connectivity index (χ1n) is 25.7. The van der Waals surface area contributed by atoms with Crippen molar-refractivity contribution >= 4 is 17.1 Å². The van der Waals surface area contributed by atoms with Gasteiger partial charge in [0, 0.05) is 27.9 Å². The monoisotopic (exact) mass is 910 g/mol. The second-order valence-electron chi connectivity index (χ2n) is 26.9. The Bertz CT molecular complexity index is 2930. The summed E-state index contributed by atoms with van der Waals surface area (Å²) < 4.78 is 0. The normalized spacial score (nSPS) is 15.1. The minimum Gasteiger partial charge on any atom is -0.310 e. The van der Waals surface area contributed by atoms with Gasteiger partial charge in [-0.15, -0.1) is 0 Å². The molecule has 0 unspecified atom stereocenters. The number of rotatable bonds is 5. The highest BCUT2D eigenvalue weighted by Gasteiger charge is 2.39. The Kier molecular flexibility index (Phi) is 11.2. The minimum atomic E-state index is -0.199. The van der Waals surface area contributed by atoms with E-state index in [0.717, 1.165) is 17.1 Å². The first-order chi connectivity index (χ1) is 31.9. The minimum absolute atomic E-state index is 0.0387. The van der Waals surface area contributed by atoms with Crippen LogP contribution in [0.2, 0.25) is 0 Å². The van der Waals surface area contributed by atoms with Gasteiger partial charge in [-0.05, 0) is 170 Å². The molecule has 7 aromatic rings. The van der Waals surface area contributed by atoms with Crippen molar-refractivity contribution in [2.45, 2.75) is 169 Å². The van der Waals surface area contributed by atoms with Crippen molar-refractivity contribution in [2.24, 2.45) is 0 Å². The van der Waals surface area contributed by atoms with Crippen molar-refractivity contribution in [1.82, 2.24) is 0 Å². The van der Waals surface area contributed by atoms with Crippen molar-refractivity contribution in [1.29, 1.82) is 0 Å². The summed E-state index contributed by atoms with van der Waals surface area (Å²) in [6, 6.07) is 52.8. The van der Waals surface area contributed by atoms with Crippen LogP contribution in [0.25, 0.3) is 44.5 Å². The van der Waals surface area contributed by atoms with Gasteiger partial charge in [-0.25, -0.2) is 0 Å². The van der Waals surface area contributed by atoms with Gasteiger partial charge < -0.3 is 4.90 Å². The Balaban J connectivity index is 1.32. The number of nitrogens with zero attached hydrogens (tertiary/aromatic N) is 1. The van der Waals surface area contributed by atoms with E-state index in [2.05, 4.69) is 270 Å². The molecular formula is C68H79N. The van der Waals surface area contributed by atoms with Crippen molar-refractivity contribution in [3.63, 3.8) is 0 Å². The molecule has 69 heavy (non-hydrogen) atoms. The molecule has 0 radical (unpaired) electrons. The zero-order valence-electron chi connectivity index (χ0n) is 45.6. The fourth-order valence-corrected chi connectivity index (χ4v) is 11.4. The molecule has 2 aliphatic rings. The maximum Gasteiger partial charge on any atom is 0.0474 e. The first kappa shape index (κ1) is 48.4. The fourth-order valence-electron chi connectivity index (χ4n) is 11.4. The van der Waals surface area contributed by atoms with Crippen LogP contribution in [0, 0.1) is 0 Å². The molecule has 1 nitrogen and oxygen atoms in total. The van der Waals surface area contributed by atoms with Crippen LogP contribution in [0.1, 0.15) is 182 Å². The summed E-state index contributed by atoms with van der Waals surface area (Å²) in [6.45, 7) is 44.7. The van der Waals surface area contributed by atoms with Gasteiger partial charge in [0.25, 0.3) is 0 Å². The lowest BCUT2D eigenvalue weighted by molar-refractivity contribution is 0.584. The third-order valence-corrected chi connectivity index (χ3v) is 15.8. The van der Waals surface area contributed by atoms with Gasteiger partial charge in [0.15, 0.2) is 0 Å². The van der Waals surface area contributed by atoms with Crippen LogP contribution < -0.4 is 4.90 Å².